The van der Waals surface area contributed by atoms with Crippen LogP contribution in [0.15, 0.2) is 35.7 Å². The van der Waals surface area contributed by atoms with Crippen LogP contribution in [0.1, 0.15) is 33.3 Å². The maximum absolute atomic E-state index is 12.6. The summed E-state index contributed by atoms with van der Waals surface area (Å²) >= 11 is 1.75. The molecule has 120 valence electrons. The third kappa shape index (κ3) is 3.45. The smallest absolute Gasteiger partial charge is 0.251 e. The van der Waals surface area contributed by atoms with Gasteiger partial charge in [0.25, 0.3) is 5.91 Å². The Morgan fingerprint density at radius 1 is 1.30 bits per heavy atom. The number of rotatable bonds is 3. The Labute approximate surface area is 140 Å². The second kappa shape index (κ2) is 6.54. The number of hydrogen-bond donors (Lipinski definition) is 1. The summed E-state index contributed by atoms with van der Waals surface area (Å²) < 4.78 is 0. The zero-order chi connectivity index (χ0) is 16.4. The molecule has 0 bridgehead atoms. The third-order valence-electron chi connectivity index (χ3n) is 4.12. The molecule has 0 radical (unpaired) electrons. The first kappa shape index (κ1) is 15.7. The van der Waals surface area contributed by atoms with Crippen LogP contribution in [0.2, 0.25) is 0 Å². The highest BCUT2D eigenvalue weighted by Gasteiger charge is 2.26. The van der Waals surface area contributed by atoms with Crippen molar-refractivity contribution in [2.75, 3.05) is 6.54 Å². The molecule has 2 aromatic rings. The average molecular weight is 328 g/mol. The predicted molar refractivity (Wildman–Crippen MR) is 91.5 cm³/mol. The Kier molecular flexibility index (Phi) is 4.48. The normalized spacial score (nSPS) is 15.0. The molecule has 0 fully saturated rings. The van der Waals surface area contributed by atoms with Gasteiger partial charge in [0.05, 0.1) is 0 Å². The fourth-order valence-corrected chi connectivity index (χ4v) is 3.73. The molecule has 1 atom stereocenters. The van der Waals surface area contributed by atoms with Crippen molar-refractivity contribution in [3.63, 3.8) is 0 Å². The van der Waals surface area contributed by atoms with Crippen LogP contribution in [-0.4, -0.2) is 29.3 Å². The largest absolute Gasteiger partial charge is 0.341 e. The molecule has 0 saturated heterocycles. The summed E-state index contributed by atoms with van der Waals surface area (Å²) in [5, 5.41) is 4.88. The zero-order valence-electron chi connectivity index (χ0n) is 13.3. The highest BCUT2D eigenvalue weighted by molar-refractivity contribution is 7.10. The Hall–Kier alpha value is -2.14. The van der Waals surface area contributed by atoms with E-state index in [1.165, 1.54) is 10.4 Å². The topological polar surface area (TPSA) is 49.4 Å². The lowest BCUT2D eigenvalue weighted by molar-refractivity contribution is -0.133. The summed E-state index contributed by atoms with van der Waals surface area (Å²) in [5.41, 5.74) is 2.84. The molecule has 1 aliphatic heterocycles. The lowest BCUT2D eigenvalue weighted by Crippen LogP contribution is -2.48. The first-order valence-electron chi connectivity index (χ1n) is 7.76. The van der Waals surface area contributed by atoms with E-state index in [0.717, 1.165) is 18.5 Å². The molecule has 5 heteroatoms. The van der Waals surface area contributed by atoms with Gasteiger partial charge in [-0.15, -0.1) is 11.3 Å². The van der Waals surface area contributed by atoms with Crippen molar-refractivity contribution in [2.45, 2.75) is 32.9 Å². The minimum Gasteiger partial charge on any atom is -0.341 e. The summed E-state index contributed by atoms with van der Waals surface area (Å²) in [6.07, 6.45) is 0.900. The van der Waals surface area contributed by atoms with Gasteiger partial charge in [0.2, 0.25) is 5.91 Å². The Morgan fingerprint density at radius 2 is 2.13 bits per heavy atom. The molecule has 4 nitrogen and oxygen atoms in total. The van der Waals surface area contributed by atoms with Crippen molar-refractivity contribution in [1.29, 1.82) is 0 Å². The second-order valence-corrected chi connectivity index (χ2v) is 6.94. The summed E-state index contributed by atoms with van der Waals surface area (Å²) in [7, 11) is 0. The van der Waals surface area contributed by atoms with E-state index in [1.807, 2.05) is 30.0 Å². The fraction of sp³-hybridized carbons (Fsp3) is 0.333. The van der Waals surface area contributed by atoms with Gasteiger partial charge in [-0.3, -0.25) is 9.59 Å². The molecule has 1 N–H and O–H groups in total. The molecule has 1 aromatic carbocycles. The highest BCUT2D eigenvalue weighted by atomic mass is 32.1. The van der Waals surface area contributed by atoms with E-state index in [-0.39, 0.29) is 11.8 Å². The number of nitrogens with one attached hydrogen (secondary N) is 1. The van der Waals surface area contributed by atoms with E-state index < -0.39 is 6.04 Å². The second-order valence-electron chi connectivity index (χ2n) is 5.94. The van der Waals surface area contributed by atoms with E-state index in [0.29, 0.717) is 12.1 Å². The van der Waals surface area contributed by atoms with E-state index in [2.05, 4.69) is 16.8 Å². The lowest BCUT2D eigenvalue weighted by atomic mass is 10.1. The van der Waals surface area contributed by atoms with Crippen LogP contribution in [0.5, 0.6) is 0 Å². The van der Waals surface area contributed by atoms with Crippen molar-refractivity contribution in [1.82, 2.24) is 10.2 Å². The SMILES string of the molecule is Cc1cccc(C(=O)N[C@@H](C)C(=O)N2CCc3sccc3C2)c1. The number of carbonyl (C=O) groups excluding carboxylic acids is 2. The monoisotopic (exact) mass is 328 g/mol. The molecule has 1 aromatic heterocycles. The third-order valence-corrected chi connectivity index (χ3v) is 5.14. The molecule has 23 heavy (non-hydrogen) atoms. The molecule has 1 aliphatic rings. The van der Waals surface area contributed by atoms with Gasteiger partial charge in [0, 0.05) is 23.5 Å². The van der Waals surface area contributed by atoms with Crippen LogP contribution in [0.25, 0.3) is 0 Å². The molecule has 3 rings (SSSR count). The van der Waals surface area contributed by atoms with Gasteiger partial charge in [-0.2, -0.15) is 0 Å². The molecular weight excluding hydrogens is 308 g/mol. The summed E-state index contributed by atoms with van der Waals surface area (Å²) in [6.45, 7) is 5.05. The average Bonchev–Trinajstić information content (AvgIpc) is 3.01. The quantitative estimate of drug-likeness (QED) is 0.942. The summed E-state index contributed by atoms with van der Waals surface area (Å²) in [6, 6.07) is 8.93. The highest BCUT2D eigenvalue weighted by Crippen LogP contribution is 2.24. The zero-order valence-corrected chi connectivity index (χ0v) is 14.2. The lowest BCUT2D eigenvalue weighted by Gasteiger charge is -2.29. The fourth-order valence-electron chi connectivity index (χ4n) is 2.84. The van der Waals surface area contributed by atoms with Crippen molar-refractivity contribution < 1.29 is 9.59 Å². The number of nitrogens with zero attached hydrogens (tertiary/aromatic N) is 1. The Morgan fingerprint density at radius 3 is 2.91 bits per heavy atom. The standard InChI is InChI=1S/C18H20N2O2S/c1-12-4-3-5-14(10-12)17(21)19-13(2)18(22)20-8-6-16-15(11-20)7-9-23-16/h3-5,7,9-10,13H,6,8,11H2,1-2H3,(H,19,21)/t13-/m0/s1. The number of carbonyl (C=O) groups is 2. The van der Waals surface area contributed by atoms with Crippen molar-refractivity contribution in [3.8, 4) is 0 Å². The maximum Gasteiger partial charge on any atom is 0.251 e. The Balaban J connectivity index is 1.63. The minimum atomic E-state index is -0.525. The van der Waals surface area contributed by atoms with E-state index in [9.17, 15) is 9.59 Å². The molecule has 2 heterocycles. The number of aryl methyl sites for hydroxylation is 1. The maximum atomic E-state index is 12.6. The molecule has 0 aliphatic carbocycles. The van der Waals surface area contributed by atoms with E-state index in [1.54, 1.807) is 24.3 Å². The first-order valence-corrected chi connectivity index (χ1v) is 8.64. The predicted octanol–water partition coefficient (Wildman–Crippen LogP) is 2.76. The number of fused-ring (bicyclic) bond motifs is 1. The minimum absolute atomic E-state index is 0.0251. The number of thiophene rings is 1. The van der Waals surface area contributed by atoms with Gasteiger partial charge < -0.3 is 10.2 Å². The van der Waals surface area contributed by atoms with Crippen LogP contribution in [-0.2, 0) is 17.8 Å². The van der Waals surface area contributed by atoms with Crippen LogP contribution < -0.4 is 5.32 Å². The summed E-state index contributed by atoms with van der Waals surface area (Å²) in [4.78, 5) is 28.0. The van der Waals surface area contributed by atoms with Crippen molar-refractivity contribution >= 4 is 23.2 Å². The van der Waals surface area contributed by atoms with Gasteiger partial charge in [-0.1, -0.05) is 17.7 Å². The van der Waals surface area contributed by atoms with Crippen molar-refractivity contribution in [2.24, 2.45) is 0 Å². The van der Waals surface area contributed by atoms with Gasteiger partial charge >= 0.3 is 0 Å². The molecule has 2 amide bonds. The molecule has 0 unspecified atom stereocenters. The molecule has 0 saturated carbocycles. The van der Waals surface area contributed by atoms with E-state index in [4.69, 9.17) is 0 Å². The van der Waals surface area contributed by atoms with Gasteiger partial charge in [0.15, 0.2) is 0 Å². The van der Waals surface area contributed by atoms with E-state index >= 15 is 0 Å². The van der Waals surface area contributed by atoms with Crippen LogP contribution in [0.3, 0.4) is 0 Å². The van der Waals surface area contributed by atoms with Crippen molar-refractivity contribution in [3.05, 3.63) is 57.3 Å². The number of benzene rings is 1. The van der Waals surface area contributed by atoms with Gasteiger partial charge in [-0.05, 0) is 49.4 Å². The van der Waals surface area contributed by atoms with Crippen LogP contribution in [0, 0.1) is 6.92 Å². The Bertz CT molecular complexity index is 738. The van der Waals surface area contributed by atoms with Crippen LogP contribution >= 0.6 is 11.3 Å². The molecular formula is C18H20N2O2S. The van der Waals surface area contributed by atoms with Gasteiger partial charge in [0.1, 0.15) is 6.04 Å². The number of amides is 2. The van der Waals surface area contributed by atoms with Gasteiger partial charge in [-0.25, -0.2) is 0 Å². The first-order chi connectivity index (χ1) is 11.0. The summed E-state index contributed by atoms with van der Waals surface area (Å²) in [5.74, 6) is -0.231. The number of hydrogen-bond acceptors (Lipinski definition) is 3. The molecule has 0 spiro atoms. The van der Waals surface area contributed by atoms with Crippen LogP contribution in [0.4, 0.5) is 0 Å².